The highest BCUT2D eigenvalue weighted by Gasteiger charge is 2.13. The molecule has 0 saturated heterocycles. The number of hydrogen-bond donors (Lipinski definition) is 2. The average Bonchev–Trinajstić information content (AvgIpc) is 2.75. The van der Waals surface area contributed by atoms with Gasteiger partial charge in [0.15, 0.2) is 0 Å². The van der Waals surface area contributed by atoms with Gasteiger partial charge in [-0.15, -0.1) is 11.3 Å². The Labute approximate surface area is 121 Å². The van der Waals surface area contributed by atoms with Crippen molar-refractivity contribution in [3.05, 3.63) is 49.3 Å². The zero-order chi connectivity index (χ0) is 12.3. The molecule has 0 spiro atoms. The van der Waals surface area contributed by atoms with Gasteiger partial charge in [0, 0.05) is 27.7 Å². The highest BCUT2D eigenvalue weighted by molar-refractivity contribution is 9.11. The number of hydrogen-bond acceptors (Lipinski definition) is 4. The SMILES string of the molecule is NNC(Cc1ccc(Br)cn1)c1ccc(Br)s1. The van der Waals surface area contributed by atoms with Crippen molar-refractivity contribution < 1.29 is 0 Å². The van der Waals surface area contributed by atoms with Crippen LogP contribution < -0.4 is 11.3 Å². The first-order chi connectivity index (χ1) is 8.19. The molecular weight excluding hydrogens is 366 g/mol. The van der Waals surface area contributed by atoms with E-state index in [9.17, 15) is 0 Å². The third-order valence-corrected chi connectivity index (χ3v) is 4.55. The standard InChI is InChI=1S/C11H11Br2N3S/c12-7-1-2-8(15-6-7)5-9(16-14)10-3-4-11(13)17-10/h1-4,6,9,16H,5,14H2. The molecule has 3 nitrogen and oxygen atoms in total. The van der Waals surface area contributed by atoms with Gasteiger partial charge in [0.1, 0.15) is 0 Å². The maximum Gasteiger partial charge on any atom is 0.0702 e. The van der Waals surface area contributed by atoms with Crippen LogP contribution in [-0.2, 0) is 6.42 Å². The summed E-state index contributed by atoms with van der Waals surface area (Å²) in [6.45, 7) is 0. The fourth-order valence-corrected chi connectivity index (χ4v) is 3.21. The molecule has 0 bridgehead atoms. The second-order valence-corrected chi connectivity index (χ2v) is 6.94. The molecule has 2 aromatic heterocycles. The van der Waals surface area contributed by atoms with E-state index in [4.69, 9.17) is 5.84 Å². The second kappa shape index (κ2) is 6.06. The Morgan fingerprint density at radius 2 is 2.12 bits per heavy atom. The second-order valence-electron chi connectivity index (χ2n) is 3.53. The molecule has 90 valence electrons. The Morgan fingerprint density at radius 1 is 1.29 bits per heavy atom. The van der Waals surface area contributed by atoms with Crippen LogP contribution >= 0.6 is 43.2 Å². The van der Waals surface area contributed by atoms with E-state index in [1.54, 1.807) is 17.5 Å². The maximum atomic E-state index is 5.60. The minimum atomic E-state index is 0.0972. The van der Waals surface area contributed by atoms with Crippen molar-refractivity contribution in [2.45, 2.75) is 12.5 Å². The van der Waals surface area contributed by atoms with Crippen LogP contribution in [0.4, 0.5) is 0 Å². The molecular formula is C11H11Br2N3S. The Bertz CT molecular complexity index is 484. The van der Waals surface area contributed by atoms with E-state index in [1.807, 2.05) is 18.2 Å². The maximum absolute atomic E-state index is 5.60. The van der Waals surface area contributed by atoms with Gasteiger partial charge in [0.2, 0.25) is 0 Å². The molecule has 0 aliphatic rings. The van der Waals surface area contributed by atoms with E-state index in [0.29, 0.717) is 0 Å². The number of nitrogens with one attached hydrogen (secondary N) is 1. The van der Waals surface area contributed by atoms with Crippen LogP contribution in [0.2, 0.25) is 0 Å². The van der Waals surface area contributed by atoms with Gasteiger partial charge in [-0.1, -0.05) is 0 Å². The largest absolute Gasteiger partial charge is 0.271 e. The number of halogens is 2. The molecule has 0 radical (unpaired) electrons. The van der Waals surface area contributed by atoms with Crippen molar-refractivity contribution in [2.24, 2.45) is 5.84 Å². The Hall–Kier alpha value is -0.270. The Morgan fingerprint density at radius 3 is 2.65 bits per heavy atom. The van der Waals surface area contributed by atoms with Crippen LogP contribution in [0.3, 0.4) is 0 Å². The van der Waals surface area contributed by atoms with Gasteiger partial charge < -0.3 is 0 Å². The van der Waals surface area contributed by atoms with Crippen molar-refractivity contribution in [3.8, 4) is 0 Å². The molecule has 0 fully saturated rings. The summed E-state index contributed by atoms with van der Waals surface area (Å²) in [5.74, 6) is 5.60. The van der Waals surface area contributed by atoms with Crippen molar-refractivity contribution in [2.75, 3.05) is 0 Å². The lowest BCUT2D eigenvalue weighted by Gasteiger charge is -2.13. The van der Waals surface area contributed by atoms with Gasteiger partial charge in [-0.2, -0.15) is 0 Å². The predicted octanol–water partition coefficient (Wildman–Crippen LogP) is 3.42. The van der Waals surface area contributed by atoms with E-state index in [1.165, 1.54) is 4.88 Å². The van der Waals surface area contributed by atoms with Crippen LogP contribution in [0.5, 0.6) is 0 Å². The highest BCUT2D eigenvalue weighted by Crippen LogP contribution is 2.28. The Kier molecular flexibility index (Phi) is 4.69. The first kappa shape index (κ1) is 13.2. The van der Waals surface area contributed by atoms with Crippen LogP contribution in [-0.4, -0.2) is 4.98 Å². The molecule has 0 aromatic carbocycles. The summed E-state index contributed by atoms with van der Waals surface area (Å²) < 4.78 is 2.09. The minimum absolute atomic E-state index is 0.0972. The molecule has 0 amide bonds. The number of nitrogens with two attached hydrogens (primary N) is 1. The fourth-order valence-electron chi connectivity index (χ4n) is 1.49. The summed E-state index contributed by atoms with van der Waals surface area (Å²) in [4.78, 5) is 5.55. The molecule has 2 rings (SSSR count). The van der Waals surface area contributed by atoms with Crippen molar-refractivity contribution in [3.63, 3.8) is 0 Å². The number of thiophene rings is 1. The van der Waals surface area contributed by atoms with Gasteiger partial charge in [0.05, 0.1) is 9.83 Å². The number of hydrazine groups is 1. The van der Waals surface area contributed by atoms with E-state index in [0.717, 1.165) is 20.4 Å². The molecule has 1 atom stereocenters. The zero-order valence-electron chi connectivity index (χ0n) is 8.86. The Balaban J connectivity index is 2.12. The first-order valence-corrected chi connectivity index (χ1v) is 7.41. The van der Waals surface area contributed by atoms with Crippen molar-refractivity contribution >= 4 is 43.2 Å². The molecule has 3 N–H and O–H groups in total. The third kappa shape index (κ3) is 3.59. The molecule has 0 aliphatic carbocycles. The van der Waals surface area contributed by atoms with Gasteiger partial charge in [0.25, 0.3) is 0 Å². The first-order valence-electron chi connectivity index (χ1n) is 5.01. The van der Waals surface area contributed by atoms with Crippen LogP contribution in [0.1, 0.15) is 16.6 Å². The summed E-state index contributed by atoms with van der Waals surface area (Å²) in [5, 5.41) is 0. The highest BCUT2D eigenvalue weighted by atomic mass is 79.9. The van der Waals surface area contributed by atoms with E-state index < -0.39 is 0 Å². The number of pyridine rings is 1. The van der Waals surface area contributed by atoms with Crippen LogP contribution in [0, 0.1) is 0 Å². The quantitative estimate of drug-likeness (QED) is 0.634. The van der Waals surface area contributed by atoms with Crippen LogP contribution in [0.15, 0.2) is 38.7 Å². The number of aromatic nitrogens is 1. The third-order valence-electron chi connectivity index (χ3n) is 2.34. The molecule has 2 heterocycles. The monoisotopic (exact) mass is 375 g/mol. The lowest BCUT2D eigenvalue weighted by Crippen LogP contribution is -2.29. The summed E-state index contributed by atoms with van der Waals surface area (Å²) >= 11 is 8.50. The topological polar surface area (TPSA) is 50.9 Å². The number of nitrogens with zero attached hydrogens (tertiary/aromatic N) is 1. The van der Waals surface area contributed by atoms with Crippen LogP contribution in [0.25, 0.3) is 0 Å². The zero-order valence-corrected chi connectivity index (χ0v) is 12.8. The summed E-state index contributed by atoms with van der Waals surface area (Å²) in [7, 11) is 0. The van der Waals surface area contributed by atoms with Crippen molar-refractivity contribution in [1.82, 2.24) is 10.4 Å². The summed E-state index contributed by atoms with van der Waals surface area (Å²) in [5.41, 5.74) is 3.85. The minimum Gasteiger partial charge on any atom is -0.271 e. The van der Waals surface area contributed by atoms with E-state index in [-0.39, 0.29) is 6.04 Å². The smallest absolute Gasteiger partial charge is 0.0702 e. The van der Waals surface area contributed by atoms with Gasteiger partial charge in [-0.3, -0.25) is 16.3 Å². The molecule has 0 saturated carbocycles. The molecule has 0 aliphatic heterocycles. The average molecular weight is 377 g/mol. The number of rotatable bonds is 4. The summed E-state index contributed by atoms with van der Waals surface area (Å²) in [6.07, 6.45) is 2.57. The van der Waals surface area contributed by atoms with E-state index >= 15 is 0 Å². The molecule has 17 heavy (non-hydrogen) atoms. The lowest BCUT2D eigenvalue weighted by molar-refractivity contribution is 0.554. The fraction of sp³-hybridized carbons (Fsp3) is 0.182. The predicted molar refractivity (Wildman–Crippen MR) is 77.7 cm³/mol. The molecule has 2 aromatic rings. The molecule has 1 unspecified atom stereocenters. The van der Waals surface area contributed by atoms with Crippen molar-refractivity contribution in [1.29, 1.82) is 0 Å². The lowest BCUT2D eigenvalue weighted by atomic mass is 10.1. The molecule has 6 heteroatoms. The summed E-state index contributed by atoms with van der Waals surface area (Å²) in [6, 6.07) is 8.18. The normalized spacial score (nSPS) is 12.6. The van der Waals surface area contributed by atoms with Gasteiger partial charge >= 0.3 is 0 Å². The van der Waals surface area contributed by atoms with Gasteiger partial charge in [-0.25, -0.2) is 0 Å². The van der Waals surface area contributed by atoms with E-state index in [2.05, 4.69) is 48.3 Å². The van der Waals surface area contributed by atoms with Gasteiger partial charge in [-0.05, 0) is 56.1 Å².